The lowest BCUT2D eigenvalue weighted by molar-refractivity contribution is 0.304. The van der Waals surface area contributed by atoms with E-state index < -0.39 is 0 Å². The number of rotatable bonds is 5. The number of nitrogens with zero attached hydrogens (tertiary/aromatic N) is 1. The maximum Gasteiger partial charge on any atom is 0.139 e. The molecule has 82 valence electrons. The molecule has 3 N–H and O–H groups in total. The van der Waals surface area contributed by atoms with Crippen LogP contribution in [-0.2, 0) is 0 Å². The van der Waals surface area contributed by atoms with E-state index in [1.54, 1.807) is 12.1 Å². The molecule has 0 aliphatic rings. The van der Waals surface area contributed by atoms with Gasteiger partial charge in [0.25, 0.3) is 0 Å². The summed E-state index contributed by atoms with van der Waals surface area (Å²) in [6.45, 7) is 0.402. The fraction of sp³-hybridized carbons (Fsp3) is 0.300. The summed E-state index contributed by atoms with van der Waals surface area (Å²) in [5, 5.41) is 11.1. The molecule has 0 aliphatic carbocycles. The molecule has 0 aliphatic heterocycles. The molecule has 0 bridgehead atoms. The molecule has 0 saturated carbocycles. The molecule has 1 aromatic rings. The van der Waals surface area contributed by atoms with Crippen LogP contribution in [0.1, 0.15) is 12.8 Å². The molecule has 1 aromatic carbocycles. The van der Waals surface area contributed by atoms with Crippen molar-refractivity contribution in [3.05, 3.63) is 30.1 Å². The summed E-state index contributed by atoms with van der Waals surface area (Å²) in [7, 11) is 0. The van der Waals surface area contributed by atoms with Crippen LogP contribution in [0.3, 0.4) is 0 Å². The van der Waals surface area contributed by atoms with Crippen molar-refractivity contribution in [1.29, 1.82) is 0 Å². The first-order valence-electron chi connectivity index (χ1n) is 4.57. The van der Waals surface area contributed by atoms with Crippen molar-refractivity contribution in [2.45, 2.75) is 12.8 Å². The maximum atomic E-state index is 12.7. The van der Waals surface area contributed by atoms with Crippen molar-refractivity contribution in [1.82, 2.24) is 0 Å². The van der Waals surface area contributed by atoms with Crippen molar-refractivity contribution in [3.63, 3.8) is 0 Å². The standard InChI is InChI=1S/C10H13FN2O2/c11-8-3-1-4-9(7-8)15-6-2-5-10(12)13-14/h1,3-4,7,14H,2,5-6H2,(H2,12,13). The highest BCUT2D eigenvalue weighted by atomic mass is 19.1. The second-order valence-corrected chi connectivity index (χ2v) is 3.00. The van der Waals surface area contributed by atoms with E-state index in [1.165, 1.54) is 12.1 Å². The van der Waals surface area contributed by atoms with Gasteiger partial charge in [-0.25, -0.2) is 4.39 Å². The number of hydrogen-bond acceptors (Lipinski definition) is 3. The summed E-state index contributed by atoms with van der Waals surface area (Å²) in [6.07, 6.45) is 1.07. The summed E-state index contributed by atoms with van der Waals surface area (Å²) >= 11 is 0. The van der Waals surface area contributed by atoms with Crippen LogP contribution in [0.2, 0.25) is 0 Å². The summed E-state index contributed by atoms with van der Waals surface area (Å²) in [4.78, 5) is 0. The van der Waals surface area contributed by atoms with Gasteiger partial charge in [-0.05, 0) is 18.6 Å². The van der Waals surface area contributed by atoms with E-state index in [4.69, 9.17) is 15.7 Å². The van der Waals surface area contributed by atoms with Crippen molar-refractivity contribution in [2.24, 2.45) is 10.9 Å². The van der Waals surface area contributed by atoms with Crippen LogP contribution >= 0.6 is 0 Å². The van der Waals surface area contributed by atoms with Crippen LogP contribution in [0.15, 0.2) is 29.4 Å². The molecule has 5 heteroatoms. The summed E-state index contributed by atoms with van der Waals surface area (Å²) in [6, 6.07) is 5.91. The molecule has 0 aromatic heterocycles. The number of oxime groups is 1. The van der Waals surface area contributed by atoms with Crippen molar-refractivity contribution in [3.8, 4) is 5.75 Å². The van der Waals surface area contributed by atoms with Crippen LogP contribution in [0.4, 0.5) is 4.39 Å². The molecule has 0 saturated heterocycles. The minimum absolute atomic E-state index is 0.165. The van der Waals surface area contributed by atoms with Gasteiger partial charge in [0, 0.05) is 12.5 Å². The lowest BCUT2D eigenvalue weighted by Gasteiger charge is -2.05. The van der Waals surface area contributed by atoms with E-state index in [9.17, 15) is 4.39 Å². The predicted molar refractivity (Wildman–Crippen MR) is 54.5 cm³/mol. The number of halogens is 1. The van der Waals surface area contributed by atoms with Gasteiger partial charge in [0.1, 0.15) is 17.4 Å². The number of hydrogen-bond donors (Lipinski definition) is 2. The zero-order valence-corrected chi connectivity index (χ0v) is 8.19. The Balaban J connectivity index is 2.26. The van der Waals surface area contributed by atoms with Gasteiger partial charge in [-0.1, -0.05) is 11.2 Å². The second kappa shape index (κ2) is 5.85. The number of amidine groups is 1. The molecule has 4 nitrogen and oxygen atoms in total. The second-order valence-electron chi connectivity index (χ2n) is 3.00. The third-order valence-electron chi connectivity index (χ3n) is 1.77. The third-order valence-corrected chi connectivity index (χ3v) is 1.77. The van der Waals surface area contributed by atoms with Gasteiger partial charge in [0.05, 0.1) is 6.61 Å². The Labute approximate surface area is 87.2 Å². The minimum atomic E-state index is -0.330. The van der Waals surface area contributed by atoms with Crippen LogP contribution in [0, 0.1) is 5.82 Å². The predicted octanol–water partition coefficient (Wildman–Crippen LogP) is 1.73. The Morgan fingerprint density at radius 2 is 2.33 bits per heavy atom. The Kier molecular flexibility index (Phi) is 4.40. The normalized spacial score (nSPS) is 11.4. The van der Waals surface area contributed by atoms with E-state index in [1.807, 2.05) is 0 Å². The lowest BCUT2D eigenvalue weighted by Crippen LogP contribution is -2.12. The lowest BCUT2D eigenvalue weighted by atomic mass is 10.3. The Bertz CT molecular complexity index is 342. The molecule has 0 unspecified atom stereocenters. The average molecular weight is 212 g/mol. The summed E-state index contributed by atoms with van der Waals surface area (Å²) in [5.41, 5.74) is 5.26. The zero-order chi connectivity index (χ0) is 11.1. The molecule has 0 heterocycles. The van der Waals surface area contributed by atoms with Crippen LogP contribution in [0.5, 0.6) is 5.75 Å². The van der Waals surface area contributed by atoms with E-state index >= 15 is 0 Å². The Hall–Kier alpha value is -1.78. The molecule has 15 heavy (non-hydrogen) atoms. The van der Waals surface area contributed by atoms with E-state index in [2.05, 4.69) is 5.16 Å². The van der Waals surface area contributed by atoms with Crippen LogP contribution in [0.25, 0.3) is 0 Å². The summed E-state index contributed by atoms with van der Waals surface area (Å²) in [5.74, 6) is 0.316. The van der Waals surface area contributed by atoms with Gasteiger partial charge in [-0.3, -0.25) is 0 Å². The first kappa shape index (κ1) is 11.3. The van der Waals surface area contributed by atoms with Gasteiger partial charge in [0.15, 0.2) is 0 Å². The van der Waals surface area contributed by atoms with E-state index in [-0.39, 0.29) is 11.7 Å². The monoisotopic (exact) mass is 212 g/mol. The zero-order valence-electron chi connectivity index (χ0n) is 8.19. The fourth-order valence-electron chi connectivity index (χ4n) is 1.05. The molecule has 0 amide bonds. The molecule has 0 radical (unpaired) electrons. The van der Waals surface area contributed by atoms with Gasteiger partial charge in [-0.2, -0.15) is 0 Å². The van der Waals surface area contributed by atoms with Crippen molar-refractivity contribution >= 4 is 5.84 Å². The Morgan fingerprint density at radius 1 is 1.53 bits per heavy atom. The first-order valence-corrected chi connectivity index (χ1v) is 4.57. The Morgan fingerprint density at radius 3 is 3.00 bits per heavy atom. The average Bonchev–Trinajstić information content (AvgIpc) is 2.24. The van der Waals surface area contributed by atoms with Crippen molar-refractivity contribution in [2.75, 3.05) is 6.61 Å². The number of nitrogens with two attached hydrogens (primary N) is 1. The smallest absolute Gasteiger partial charge is 0.139 e. The number of ether oxygens (including phenoxy) is 1. The topological polar surface area (TPSA) is 67.8 Å². The minimum Gasteiger partial charge on any atom is -0.493 e. The quantitative estimate of drug-likeness (QED) is 0.257. The molecule has 0 atom stereocenters. The third kappa shape index (κ3) is 4.30. The molecular weight excluding hydrogens is 199 g/mol. The van der Waals surface area contributed by atoms with Gasteiger partial charge >= 0.3 is 0 Å². The van der Waals surface area contributed by atoms with E-state index in [0.29, 0.717) is 25.2 Å². The SMILES string of the molecule is N/C(CCCOc1cccc(F)c1)=N\O. The first-order chi connectivity index (χ1) is 7.22. The fourth-order valence-corrected chi connectivity index (χ4v) is 1.05. The maximum absolute atomic E-state index is 12.7. The molecular formula is C10H13FN2O2. The van der Waals surface area contributed by atoms with Crippen LogP contribution in [-0.4, -0.2) is 17.6 Å². The summed E-state index contributed by atoms with van der Waals surface area (Å²) < 4.78 is 18.0. The molecule has 0 spiro atoms. The highest BCUT2D eigenvalue weighted by Crippen LogP contribution is 2.12. The number of benzene rings is 1. The van der Waals surface area contributed by atoms with E-state index in [0.717, 1.165) is 0 Å². The van der Waals surface area contributed by atoms with Gasteiger partial charge in [0.2, 0.25) is 0 Å². The van der Waals surface area contributed by atoms with Crippen LogP contribution < -0.4 is 10.5 Å². The van der Waals surface area contributed by atoms with Gasteiger partial charge in [-0.15, -0.1) is 0 Å². The molecule has 0 fully saturated rings. The van der Waals surface area contributed by atoms with Gasteiger partial charge < -0.3 is 15.7 Å². The molecule has 1 rings (SSSR count). The highest BCUT2D eigenvalue weighted by Gasteiger charge is 1.97. The largest absolute Gasteiger partial charge is 0.493 e. The van der Waals surface area contributed by atoms with Crippen molar-refractivity contribution < 1.29 is 14.3 Å². The highest BCUT2D eigenvalue weighted by molar-refractivity contribution is 5.79.